The predicted molar refractivity (Wildman–Crippen MR) is 82.9 cm³/mol. The molecule has 5 heteroatoms. The Labute approximate surface area is 128 Å². The molecular formula is C16H29N3O2. The molecule has 0 aromatic heterocycles. The van der Waals surface area contributed by atoms with Crippen molar-refractivity contribution < 1.29 is 9.59 Å². The number of amides is 2. The van der Waals surface area contributed by atoms with E-state index in [-0.39, 0.29) is 11.3 Å². The molecule has 2 rings (SSSR count). The first kappa shape index (κ1) is 16.3. The molecule has 0 bridgehead atoms. The maximum Gasteiger partial charge on any atom is 0.228 e. The highest BCUT2D eigenvalue weighted by Gasteiger charge is 2.41. The molecule has 2 aliphatic heterocycles. The SMILES string of the molecule is CCCC1(C(=O)N2CCCN(C(C)=O)CC2)CCNCC1. The van der Waals surface area contributed by atoms with Crippen molar-refractivity contribution in [2.45, 2.75) is 46.0 Å². The standard InChI is InChI=1S/C16H29N3O2/c1-3-5-16(6-8-17-9-7-16)15(21)19-11-4-10-18(12-13-19)14(2)20/h17H,3-13H2,1-2H3. The van der Waals surface area contributed by atoms with Gasteiger partial charge in [-0.25, -0.2) is 0 Å². The van der Waals surface area contributed by atoms with Gasteiger partial charge < -0.3 is 15.1 Å². The fraction of sp³-hybridized carbons (Fsp3) is 0.875. The molecule has 0 aromatic carbocycles. The van der Waals surface area contributed by atoms with Gasteiger partial charge in [0, 0.05) is 33.1 Å². The lowest BCUT2D eigenvalue weighted by Gasteiger charge is -2.40. The van der Waals surface area contributed by atoms with E-state index in [1.165, 1.54) is 0 Å². The van der Waals surface area contributed by atoms with Crippen LogP contribution >= 0.6 is 0 Å². The van der Waals surface area contributed by atoms with Gasteiger partial charge in [0.1, 0.15) is 0 Å². The van der Waals surface area contributed by atoms with Crippen LogP contribution < -0.4 is 5.32 Å². The fourth-order valence-electron chi connectivity index (χ4n) is 3.73. The van der Waals surface area contributed by atoms with E-state index in [1.807, 2.05) is 9.80 Å². The Morgan fingerprint density at radius 2 is 1.67 bits per heavy atom. The van der Waals surface area contributed by atoms with Gasteiger partial charge in [0.25, 0.3) is 0 Å². The number of rotatable bonds is 3. The molecule has 1 N–H and O–H groups in total. The number of carbonyl (C=O) groups excluding carboxylic acids is 2. The summed E-state index contributed by atoms with van der Waals surface area (Å²) in [5.41, 5.74) is -0.161. The molecule has 2 aliphatic rings. The summed E-state index contributed by atoms with van der Waals surface area (Å²) in [6, 6.07) is 0. The number of nitrogens with zero attached hydrogens (tertiary/aromatic N) is 2. The summed E-state index contributed by atoms with van der Waals surface area (Å²) in [6.07, 6.45) is 4.84. The number of piperidine rings is 1. The molecule has 0 aliphatic carbocycles. The Kier molecular flexibility index (Phi) is 5.62. The van der Waals surface area contributed by atoms with Crippen LogP contribution in [0.4, 0.5) is 0 Å². The minimum Gasteiger partial charge on any atom is -0.341 e. The highest BCUT2D eigenvalue weighted by molar-refractivity contribution is 5.83. The Balaban J connectivity index is 2.04. The summed E-state index contributed by atoms with van der Waals surface area (Å²) in [6.45, 7) is 8.61. The topological polar surface area (TPSA) is 52.7 Å². The zero-order valence-electron chi connectivity index (χ0n) is 13.5. The van der Waals surface area contributed by atoms with Crippen LogP contribution in [0.25, 0.3) is 0 Å². The molecule has 0 saturated carbocycles. The smallest absolute Gasteiger partial charge is 0.228 e. The molecule has 2 heterocycles. The summed E-state index contributed by atoms with van der Waals surface area (Å²) in [4.78, 5) is 28.5. The number of carbonyl (C=O) groups is 2. The van der Waals surface area contributed by atoms with Gasteiger partial charge in [-0.15, -0.1) is 0 Å². The third kappa shape index (κ3) is 3.76. The van der Waals surface area contributed by atoms with Crippen molar-refractivity contribution in [3.63, 3.8) is 0 Å². The maximum absolute atomic E-state index is 13.1. The highest BCUT2D eigenvalue weighted by Crippen LogP contribution is 2.36. The van der Waals surface area contributed by atoms with E-state index >= 15 is 0 Å². The van der Waals surface area contributed by atoms with E-state index in [9.17, 15) is 9.59 Å². The zero-order valence-corrected chi connectivity index (χ0v) is 13.5. The lowest BCUT2D eigenvalue weighted by molar-refractivity contribution is -0.144. The first-order valence-electron chi connectivity index (χ1n) is 8.35. The molecule has 2 fully saturated rings. The third-order valence-electron chi connectivity index (χ3n) is 4.97. The van der Waals surface area contributed by atoms with Crippen molar-refractivity contribution in [3.05, 3.63) is 0 Å². The monoisotopic (exact) mass is 295 g/mol. The summed E-state index contributed by atoms with van der Waals surface area (Å²) in [5, 5.41) is 3.37. The van der Waals surface area contributed by atoms with Gasteiger partial charge in [-0.2, -0.15) is 0 Å². The summed E-state index contributed by atoms with van der Waals surface area (Å²) >= 11 is 0. The van der Waals surface area contributed by atoms with E-state index in [0.717, 1.165) is 58.3 Å². The number of hydrogen-bond acceptors (Lipinski definition) is 3. The van der Waals surface area contributed by atoms with Gasteiger partial charge in [-0.1, -0.05) is 13.3 Å². The van der Waals surface area contributed by atoms with Crippen molar-refractivity contribution in [2.75, 3.05) is 39.3 Å². The largest absolute Gasteiger partial charge is 0.341 e. The summed E-state index contributed by atoms with van der Waals surface area (Å²) in [5.74, 6) is 0.450. The minimum absolute atomic E-state index is 0.120. The van der Waals surface area contributed by atoms with E-state index in [4.69, 9.17) is 0 Å². The average Bonchev–Trinajstić information content (AvgIpc) is 2.73. The fourth-order valence-corrected chi connectivity index (χ4v) is 3.73. The Morgan fingerprint density at radius 3 is 2.29 bits per heavy atom. The lowest BCUT2D eigenvalue weighted by atomic mass is 9.74. The van der Waals surface area contributed by atoms with Crippen molar-refractivity contribution in [2.24, 2.45) is 5.41 Å². The van der Waals surface area contributed by atoms with Crippen molar-refractivity contribution in [1.29, 1.82) is 0 Å². The first-order valence-corrected chi connectivity index (χ1v) is 8.35. The normalized spacial score (nSPS) is 22.8. The van der Waals surface area contributed by atoms with Crippen LogP contribution in [-0.4, -0.2) is 60.9 Å². The summed E-state index contributed by atoms with van der Waals surface area (Å²) in [7, 11) is 0. The second-order valence-electron chi connectivity index (χ2n) is 6.43. The Bertz CT molecular complexity index is 372. The summed E-state index contributed by atoms with van der Waals surface area (Å²) < 4.78 is 0. The quantitative estimate of drug-likeness (QED) is 0.852. The van der Waals surface area contributed by atoms with Gasteiger partial charge in [0.05, 0.1) is 5.41 Å². The molecule has 0 aromatic rings. The average molecular weight is 295 g/mol. The van der Waals surface area contributed by atoms with Crippen LogP contribution in [0.5, 0.6) is 0 Å². The van der Waals surface area contributed by atoms with E-state index < -0.39 is 0 Å². The molecule has 21 heavy (non-hydrogen) atoms. The van der Waals surface area contributed by atoms with E-state index in [0.29, 0.717) is 19.0 Å². The maximum atomic E-state index is 13.1. The van der Waals surface area contributed by atoms with Gasteiger partial charge in [-0.05, 0) is 38.8 Å². The zero-order chi connectivity index (χ0) is 15.3. The molecule has 120 valence electrons. The second kappa shape index (κ2) is 7.25. The minimum atomic E-state index is -0.161. The van der Waals surface area contributed by atoms with Crippen LogP contribution in [0.2, 0.25) is 0 Å². The molecule has 0 atom stereocenters. The highest BCUT2D eigenvalue weighted by atomic mass is 16.2. The van der Waals surface area contributed by atoms with E-state index in [1.54, 1.807) is 6.92 Å². The van der Waals surface area contributed by atoms with Crippen molar-refractivity contribution in [1.82, 2.24) is 15.1 Å². The van der Waals surface area contributed by atoms with Crippen LogP contribution in [0.3, 0.4) is 0 Å². The van der Waals surface area contributed by atoms with Crippen molar-refractivity contribution in [3.8, 4) is 0 Å². The van der Waals surface area contributed by atoms with E-state index in [2.05, 4.69) is 12.2 Å². The molecular weight excluding hydrogens is 266 g/mol. The van der Waals surface area contributed by atoms with Crippen LogP contribution in [-0.2, 0) is 9.59 Å². The molecule has 2 amide bonds. The van der Waals surface area contributed by atoms with Gasteiger partial charge in [0.15, 0.2) is 0 Å². The molecule has 0 unspecified atom stereocenters. The second-order valence-corrected chi connectivity index (χ2v) is 6.43. The lowest BCUT2D eigenvalue weighted by Crippen LogP contribution is -2.50. The molecule has 0 spiro atoms. The Morgan fingerprint density at radius 1 is 1.05 bits per heavy atom. The number of nitrogens with one attached hydrogen (secondary N) is 1. The van der Waals surface area contributed by atoms with Gasteiger partial charge >= 0.3 is 0 Å². The van der Waals surface area contributed by atoms with Gasteiger partial charge in [-0.3, -0.25) is 9.59 Å². The first-order chi connectivity index (χ1) is 10.1. The number of hydrogen-bond donors (Lipinski definition) is 1. The predicted octanol–water partition coefficient (Wildman–Crippen LogP) is 1.24. The van der Waals surface area contributed by atoms with Crippen LogP contribution in [0, 0.1) is 5.41 Å². The third-order valence-corrected chi connectivity index (χ3v) is 4.97. The van der Waals surface area contributed by atoms with Crippen LogP contribution in [0.1, 0.15) is 46.0 Å². The van der Waals surface area contributed by atoms with Gasteiger partial charge in [0.2, 0.25) is 11.8 Å². The van der Waals surface area contributed by atoms with Crippen molar-refractivity contribution >= 4 is 11.8 Å². The van der Waals surface area contributed by atoms with Crippen LogP contribution in [0.15, 0.2) is 0 Å². The molecule has 0 radical (unpaired) electrons. The molecule has 2 saturated heterocycles. The Hall–Kier alpha value is -1.10. The molecule has 5 nitrogen and oxygen atoms in total.